The van der Waals surface area contributed by atoms with Gasteiger partial charge in [-0.15, -0.1) is 0 Å². The summed E-state index contributed by atoms with van der Waals surface area (Å²) >= 11 is 0. The molecular formula is C23H23NO3. The molecule has 2 aromatic rings. The van der Waals surface area contributed by atoms with Gasteiger partial charge in [-0.05, 0) is 36.0 Å². The lowest BCUT2D eigenvalue weighted by Crippen LogP contribution is -2.33. The molecule has 0 radical (unpaired) electrons. The number of carboxylic acid groups (broad SMARTS) is 1. The highest BCUT2D eigenvalue weighted by molar-refractivity contribution is 5.86. The lowest BCUT2D eigenvalue weighted by atomic mass is 9.89. The molecule has 1 saturated heterocycles. The number of hydrogen-bond donors (Lipinski definition) is 1. The van der Waals surface area contributed by atoms with Gasteiger partial charge in [0.25, 0.3) is 0 Å². The van der Waals surface area contributed by atoms with Gasteiger partial charge >= 0.3 is 5.97 Å². The van der Waals surface area contributed by atoms with Crippen molar-refractivity contribution in [3.05, 3.63) is 71.3 Å². The quantitative estimate of drug-likeness (QED) is 0.913. The zero-order valence-electron chi connectivity index (χ0n) is 15.2. The van der Waals surface area contributed by atoms with Crippen LogP contribution in [0.2, 0.25) is 0 Å². The van der Waals surface area contributed by atoms with E-state index in [9.17, 15) is 14.7 Å². The van der Waals surface area contributed by atoms with Crippen molar-refractivity contribution in [3.63, 3.8) is 0 Å². The molecule has 2 aromatic carbocycles. The Bertz CT molecular complexity index is 909. The van der Waals surface area contributed by atoms with Crippen LogP contribution in [0.1, 0.15) is 35.4 Å². The lowest BCUT2D eigenvalue weighted by Gasteiger charge is -2.19. The first-order valence-corrected chi connectivity index (χ1v) is 9.75. The van der Waals surface area contributed by atoms with Crippen molar-refractivity contribution >= 4 is 11.9 Å². The van der Waals surface area contributed by atoms with Crippen molar-refractivity contribution in [3.8, 4) is 0 Å². The molecule has 1 saturated carbocycles. The minimum atomic E-state index is -0.809. The van der Waals surface area contributed by atoms with Crippen LogP contribution in [0.25, 0.3) is 0 Å². The van der Waals surface area contributed by atoms with Crippen LogP contribution in [0.3, 0.4) is 0 Å². The molecule has 0 bridgehead atoms. The Hall–Kier alpha value is -2.62. The van der Waals surface area contributed by atoms with Crippen molar-refractivity contribution in [2.24, 2.45) is 11.8 Å². The molecule has 2 fully saturated rings. The molecule has 138 valence electrons. The van der Waals surface area contributed by atoms with Crippen LogP contribution in [0.5, 0.6) is 0 Å². The standard InChI is InChI=1S/C23H23NO3/c25-21(20-12-23(20)11-10-16-8-4-5-9-19(16)23)24-13-17(18(14-24)22(26)27)15-6-2-1-3-7-15/h1-9,17-18,20H,10-14H2,(H,26,27)/t17-,18-,20?,23?/m1/s1. The highest BCUT2D eigenvalue weighted by atomic mass is 16.4. The third kappa shape index (κ3) is 2.50. The maximum absolute atomic E-state index is 13.3. The molecule has 1 amide bonds. The number of aliphatic carboxylic acids is 1. The van der Waals surface area contributed by atoms with E-state index in [4.69, 9.17) is 0 Å². The number of likely N-dealkylation sites (tertiary alicyclic amines) is 1. The number of carboxylic acids is 1. The lowest BCUT2D eigenvalue weighted by molar-refractivity contribution is -0.142. The summed E-state index contributed by atoms with van der Waals surface area (Å²) in [7, 11) is 0. The Morgan fingerprint density at radius 2 is 1.74 bits per heavy atom. The minimum Gasteiger partial charge on any atom is -0.481 e. The number of benzene rings is 2. The molecule has 2 unspecified atom stereocenters. The molecule has 4 atom stereocenters. The van der Waals surface area contributed by atoms with Crippen LogP contribution in [0.15, 0.2) is 54.6 Å². The first-order chi connectivity index (χ1) is 13.1. The molecule has 1 spiro atoms. The third-order valence-electron chi connectivity index (χ3n) is 6.94. The number of rotatable bonds is 3. The Kier molecular flexibility index (Phi) is 3.64. The molecule has 0 aromatic heterocycles. The second-order valence-electron chi connectivity index (χ2n) is 8.28. The van der Waals surface area contributed by atoms with E-state index in [1.54, 1.807) is 0 Å². The normalized spacial score (nSPS) is 31.1. The first kappa shape index (κ1) is 16.5. The fourth-order valence-electron chi connectivity index (χ4n) is 5.41. The van der Waals surface area contributed by atoms with E-state index in [0.29, 0.717) is 13.1 Å². The van der Waals surface area contributed by atoms with E-state index >= 15 is 0 Å². The van der Waals surface area contributed by atoms with Gasteiger partial charge in [0.15, 0.2) is 0 Å². The zero-order chi connectivity index (χ0) is 18.6. The summed E-state index contributed by atoms with van der Waals surface area (Å²) in [4.78, 5) is 26.9. The molecule has 1 N–H and O–H groups in total. The van der Waals surface area contributed by atoms with Crippen molar-refractivity contribution in [2.45, 2.75) is 30.6 Å². The molecule has 1 aliphatic heterocycles. The summed E-state index contributed by atoms with van der Waals surface area (Å²) in [5, 5.41) is 9.70. The summed E-state index contributed by atoms with van der Waals surface area (Å²) in [5.41, 5.74) is 3.74. The van der Waals surface area contributed by atoms with E-state index in [0.717, 1.165) is 24.8 Å². The number of fused-ring (bicyclic) bond motifs is 2. The zero-order valence-corrected chi connectivity index (χ0v) is 15.2. The predicted octanol–water partition coefficient (Wildman–Crippen LogP) is 3.22. The molecule has 4 heteroatoms. The maximum Gasteiger partial charge on any atom is 0.308 e. The van der Waals surface area contributed by atoms with E-state index in [1.807, 2.05) is 35.2 Å². The fraction of sp³-hybridized carbons (Fsp3) is 0.391. The number of carbonyl (C=O) groups excluding carboxylic acids is 1. The Morgan fingerprint density at radius 1 is 1.00 bits per heavy atom. The molecule has 4 nitrogen and oxygen atoms in total. The van der Waals surface area contributed by atoms with Gasteiger partial charge in [0.2, 0.25) is 5.91 Å². The number of nitrogens with zero attached hydrogens (tertiary/aromatic N) is 1. The minimum absolute atomic E-state index is 0.0111. The van der Waals surface area contributed by atoms with E-state index < -0.39 is 11.9 Å². The topological polar surface area (TPSA) is 57.6 Å². The van der Waals surface area contributed by atoms with Crippen LogP contribution in [0, 0.1) is 11.8 Å². The summed E-state index contributed by atoms with van der Waals surface area (Å²) in [6.07, 6.45) is 3.00. The average Bonchev–Trinajstić information content (AvgIpc) is 3.06. The number of amides is 1. The predicted molar refractivity (Wildman–Crippen MR) is 101 cm³/mol. The van der Waals surface area contributed by atoms with Crippen LogP contribution < -0.4 is 0 Å². The number of aryl methyl sites for hydroxylation is 1. The van der Waals surface area contributed by atoms with Crippen molar-refractivity contribution in [1.29, 1.82) is 0 Å². The van der Waals surface area contributed by atoms with Crippen molar-refractivity contribution in [1.82, 2.24) is 4.90 Å². The second kappa shape index (κ2) is 5.95. The number of hydrogen-bond acceptors (Lipinski definition) is 2. The van der Waals surface area contributed by atoms with Gasteiger partial charge < -0.3 is 10.0 Å². The molecular weight excluding hydrogens is 338 g/mol. The van der Waals surface area contributed by atoms with Crippen molar-refractivity contribution in [2.75, 3.05) is 13.1 Å². The van der Waals surface area contributed by atoms with Gasteiger partial charge in [0, 0.05) is 30.3 Å². The first-order valence-electron chi connectivity index (χ1n) is 9.75. The smallest absolute Gasteiger partial charge is 0.308 e. The van der Waals surface area contributed by atoms with Crippen LogP contribution in [-0.4, -0.2) is 35.0 Å². The summed E-state index contributed by atoms with van der Waals surface area (Å²) in [5.74, 6) is -1.29. The molecule has 5 rings (SSSR count). The van der Waals surface area contributed by atoms with Gasteiger partial charge in [-0.25, -0.2) is 0 Å². The Morgan fingerprint density at radius 3 is 2.52 bits per heavy atom. The fourth-order valence-corrected chi connectivity index (χ4v) is 5.41. The number of carbonyl (C=O) groups is 2. The van der Waals surface area contributed by atoms with E-state index in [1.165, 1.54) is 11.1 Å². The molecule has 1 heterocycles. The van der Waals surface area contributed by atoms with E-state index in [-0.39, 0.29) is 23.2 Å². The average molecular weight is 361 g/mol. The Labute approximate surface area is 158 Å². The highest BCUT2D eigenvalue weighted by Gasteiger charge is 2.62. The maximum atomic E-state index is 13.3. The monoisotopic (exact) mass is 361 g/mol. The van der Waals surface area contributed by atoms with Gasteiger partial charge in [0.05, 0.1) is 5.92 Å². The largest absolute Gasteiger partial charge is 0.481 e. The highest BCUT2D eigenvalue weighted by Crippen LogP contribution is 2.62. The summed E-state index contributed by atoms with van der Waals surface area (Å²) in [6, 6.07) is 18.2. The van der Waals surface area contributed by atoms with Crippen LogP contribution in [-0.2, 0) is 21.4 Å². The molecule has 27 heavy (non-hydrogen) atoms. The van der Waals surface area contributed by atoms with Gasteiger partial charge in [-0.2, -0.15) is 0 Å². The van der Waals surface area contributed by atoms with Gasteiger partial charge in [-0.1, -0.05) is 54.6 Å². The SMILES string of the molecule is O=C(O)[C@@H]1CN(C(=O)C2CC23CCc2ccccc23)C[C@@H]1c1ccccc1. The molecule has 2 aliphatic carbocycles. The van der Waals surface area contributed by atoms with Gasteiger partial charge in [-0.3, -0.25) is 9.59 Å². The third-order valence-corrected chi connectivity index (χ3v) is 6.94. The second-order valence-corrected chi connectivity index (χ2v) is 8.28. The van der Waals surface area contributed by atoms with Gasteiger partial charge in [0.1, 0.15) is 0 Å². The van der Waals surface area contributed by atoms with Crippen LogP contribution in [0.4, 0.5) is 0 Å². The molecule has 3 aliphatic rings. The van der Waals surface area contributed by atoms with Crippen LogP contribution >= 0.6 is 0 Å². The summed E-state index contributed by atoms with van der Waals surface area (Å²) in [6.45, 7) is 0.829. The van der Waals surface area contributed by atoms with E-state index in [2.05, 4.69) is 24.3 Å². The Balaban J connectivity index is 1.37. The summed E-state index contributed by atoms with van der Waals surface area (Å²) < 4.78 is 0. The van der Waals surface area contributed by atoms with Crippen molar-refractivity contribution < 1.29 is 14.7 Å².